The van der Waals surface area contributed by atoms with E-state index >= 15 is 0 Å². The van der Waals surface area contributed by atoms with Gasteiger partial charge in [0.25, 0.3) is 5.91 Å². The van der Waals surface area contributed by atoms with Gasteiger partial charge in [0.2, 0.25) is 11.7 Å². The SMILES string of the molecule is CCN1C(=O)c2nc(-c3ccc(-c4ccccc4)[n+]([O-])c3)n(Cc3ccc(F)c(F)c3)c2N2CC(C)(C)N=C12. The van der Waals surface area contributed by atoms with Gasteiger partial charge in [-0.2, -0.15) is 4.73 Å². The second kappa shape index (κ2) is 9.00. The normalized spacial score (nSPS) is 15.8. The maximum atomic E-state index is 14.2. The second-order valence-electron chi connectivity index (χ2n) is 10.3. The van der Waals surface area contributed by atoms with Gasteiger partial charge in [-0.1, -0.05) is 24.3 Å². The molecule has 0 unspecified atom stereocenters. The summed E-state index contributed by atoms with van der Waals surface area (Å²) >= 11 is 0. The van der Waals surface area contributed by atoms with Crippen LogP contribution < -0.4 is 9.63 Å². The molecule has 0 spiro atoms. The van der Waals surface area contributed by atoms with E-state index in [1.54, 1.807) is 21.6 Å². The van der Waals surface area contributed by atoms with Crippen molar-refractivity contribution in [1.82, 2.24) is 14.5 Å². The maximum absolute atomic E-state index is 14.2. The number of anilines is 1. The number of carbonyl (C=O) groups excluding carboxylic acids is 1. The number of benzene rings is 2. The fraction of sp³-hybridized carbons (Fsp3) is 0.241. The number of hydrogen-bond donors (Lipinski definition) is 0. The quantitative estimate of drug-likeness (QED) is 0.280. The van der Waals surface area contributed by atoms with Gasteiger partial charge >= 0.3 is 0 Å². The maximum Gasteiger partial charge on any atom is 0.283 e. The molecular formula is C29H26F2N6O2. The molecule has 0 bridgehead atoms. The third kappa shape index (κ3) is 4.12. The predicted octanol–water partition coefficient (Wildman–Crippen LogP) is 4.61. The summed E-state index contributed by atoms with van der Waals surface area (Å²) < 4.78 is 30.4. The van der Waals surface area contributed by atoms with Crippen molar-refractivity contribution in [3.8, 4) is 22.6 Å². The third-order valence-electron chi connectivity index (χ3n) is 6.96. The molecule has 39 heavy (non-hydrogen) atoms. The van der Waals surface area contributed by atoms with E-state index in [1.807, 2.05) is 56.0 Å². The number of aromatic nitrogens is 3. The van der Waals surface area contributed by atoms with E-state index in [2.05, 4.69) is 0 Å². The fourth-order valence-corrected chi connectivity index (χ4v) is 5.20. The van der Waals surface area contributed by atoms with Crippen LogP contribution in [0.3, 0.4) is 0 Å². The molecule has 0 radical (unpaired) electrons. The molecule has 10 heteroatoms. The molecule has 0 saturated heterocycles. The molecule has 4 heterocycles. The summed E-state index contributed by atoms with van der Waals surface area (Å²) in [7, 11) is 0. The monoisotopic (exact) mass is 528 g/mol. The summed E-state index contributed by atoms with van der Waals surface area (Å²) in [6.45, 7) is 6.83. The Morgan fingerprint density at radius 1 is 1.03 bits per heavy atom. The van der Waals surface area contributed by atoms with Crippen LogP contribution in [0.1, 0.15) is 36.8 Å². The Balaban J connectivity index is 1.54. The van der Waals surface area contributed by atoms with E-state index < -0.39 is 17.2 Å². The molecule has 8 nitrogen and oxygen atoms in total. The van der Waals surface area contributed by atoms with Crippen molar-refractivity contribution in [2.24, 2.45) is 4.99 Å². The highest BCUT2D eigenvalue weighted by molar-refractivity contribution is 6.18. The van der Waals surface area contributed by atoms with Crippen LogP contribution in [0.5, 0.6) is 0 Å². The smallest absolute Gasteiger partial charge is 0.283 e. The van der Waals surface area contributed by atoms with Crippen LogP contribution >= 0.6 is 0 Å². The number of aliphatic imine (C=N–C) groups is 1. The van der Waals surface area contributed by atoms with Crippen molar-refractivity contribution in [1.29, 1.82) is 0 Å². The van der Waals surface area contributed by atoms with E-state index in [1.165, 1.54) is 12.3 Å². The highest BCUT2D eigenvalue weighted by Crippen LogP contribution is 2.38. The van der Waals surface area contributed by atoms with Gasteiger partial charge in [0, 0.05) is 18.2 Å². The molecule has 0 saturated carbocycles. The van der Waals surface area contributed by atoms with Gasteiger partial charge in [0.15, 0.2) is 23.5 Å². The number of halogens is 2. The van der Waals surface area contributed by atoms with E-state index in [0.717, 1.165) is 22.4 Å². The van der Waals surface area contributed by atoms with Crippen LogP contribution in [0.4, 0.5) is 14.6 Å². The summed E-state index contributed by atoms with van der Waals surface area (Å²) in [6.07, 6.45) is 1.42. The number of hydrogen-bond acceptors (Lipinski definition) is 5. The number of amides is 1. The number of imidazole rings is 1. The molecule has 2 aliphatic rings. The lowest BCUT2D eigenvalue weighted by Gasteiger charge is -2.34. The van der Waals surface area contributed by atoms with Crippen LogP contribution in [0, 0.1) is 16.8 Å². The standard InChI is InChI=1S/C29H26F2N6O2/c1-4-34-27(38)24-26(36-17-29(2,3)33-28(34)36)35(15-18-10-12-21(30)22(31)14-18)25(32-24)20-11-13-23(37(39)16-20)19-8-6-5-7-9-19/h5-14,16H,4,15,17H2,1-3H3. The Hall–Kier alpha value is -4.60. The summed E-state index contributed by atoms with van der Waals surface area (Å²) in [5.74, 6) is -0.814. The number of rotatable bonds is 5. The zero-order chi connectivity index (χ0) is 27.5. The van der Waals surface area contributed by atoms with Crippen molar-refractivity contribution in [2.75, 3.05) is 18.0 Å². The molecule has 4 aromatic rings. The van der Waals surface area contributed by atoms with Gasteiger partial charge in [0.05, 0.1) is 24.2 Å². The van der Waals surface area contributed by atoms with Crippen molar-refractivity contribution in [3.63, 3.8) is 0 Å². The summed E-state index contributed by atoms with van der Waals surface area (Å²) in [6, 6.07) is 16.5. The summed E-state index contributed by atoms with van der Waals surface area (Å²) in [5.41, 5.74) is 1.94. The largest absolute Gasteiger partial charge is 0.618 e. The summed E-state index contributed by atoms with van der Waals surface area (Å²) in [4.78, 5) is 26.7. The zero-order valence-electron chi connectivity index (χ0n) is 21.7. The highest BCUT2D eigenvalue weighted by Gasteiger charge is 2.46. The molecule has 2 aromatic heterocycles. The minimum atomic E-state index is -0.967. The molecular weight excluding hydrogens is 502 g/mol. The Kier molecular flexibility index (Phi) is 5.71. The lowest BCUT2D eigenvalue weighted by molar-refractivity contribution is -0.593. The minimum Gasteiger partial charge on any atom is -0.618 e. The minimum absolute atomic E-state index is 0.0950. The van der Waals surface area contributed by atoms with Gasteiger partial charge < -0.3 is 9.77 Å². The topological polar surface area (TPSA) is 80.7 Å². The predicted molar refractivity (Wildman–Crippen MR) is 143 cm³/mol. The van der Waals surface area contributed by atoms with E-state index in [4.69, 9.17) is 9.98 Å². The van der Waals surface area contributed by atoms with Gasteiger partial charge in [-0.05, 0) is 56.7 Å². The number of fused-ring (bicyclic) bond motifs is 3. The number of guanidine groups is 1. The fourth-order valence-electron chi connectivity index (χ4n) is 5.20. The van der Waals surface area contributed by atoms with Crippen molar-refractivity contribution in [2.45, 2.75) is 32.9 Å². The van der Waals surface area contributed by atoms with Crippen molar-refractivity contribution < 1.29 is 18.3 Å². The first-order valence-corrected chi connectivity index (χ1v) is 12.7. The molecule has 0 N–H and O–H groups in total. The zero-order valence-corrected chi connectivity index (χ0v) is 21.7. The molecule has 2 aromatic carbocycles. The molecule has 0 aliphatic carbocycles. The van der Waals surface area contributed by atoms with Crippen LogP contribution in [0.25, 0.3) is 22.6 Å². The first-order chi connectivity index (χ1) is 18.7. The molecule has 1 amide bonds. The number of carbonyl (C=O) groups is 1. The van der Waals surface area contributed by atoms with Crippen LogP contribution in [-0.4, -0.2) is 44.9 Å². The van der Waals surface area contributed by atoms with Crippen molar-refractivity contribution >= 4 is 17.7 Å². The van der Waals surface area contributed by atoms with Crippen LogP contribution in [0.2, 0.25) is 0 Å². The van der Waals surface area contributed by atoms with Crippen LogP contribution in [0.15, 0.2) is 71.9 Å². The molecule has 0 atom stereocenters. The van der Waals surface area contributed by atoms with E-state index in [9.17, 15) is 18.8 Å². The van der Waals surface area contributed by atoms with Gasteiger partial charge in [-0.3, -0.25) is 14.6 Å². The summed E-state index contributed by atoms with van der Waals surface area (Å²) in [5, 5.41) is 13.1. The lowest BCUT2D eigenvalue weighted by atomic mass is 10.1. The van der Waals surface area contributed by atoms with Gasteiger partial charge in [-0.25, -0.2) is 18.8 Å². The Morgan fingerprint density at radius 2 is 1.79 bits per heavy atom. The number of nitrogens with zero attached hydrogens (tertiary/aromatic N) is 6. The van der Waals surface area contributed by atoms with Crippen molar-refractivity contribution in [3.05, 3.63) is 95.0 Å². The average molecular weight is 529 g/mol. The van der Waals surface area contributed by atoms with E-state index in [0.29, 0.717) is 47.5 Å². The molecule has 2 aliphatic heterocycles. The Labute approximate surface area is 224 Å². The molecule has 198 valence electrons. The average Bonchev–Trinajstić information content (AvgIpc) is 3.44. The Morgan fingerprint density at radius 3 is 2.49 bits per heavy atom. The van der Waals surface area contributed by atoms with Crippen LogP contribution in [-0.2, 0) is 6.54 Å². The first-order valence-electron chi connectivity index (χ1n) is 12.7. The number of pyridine rings is 1. The lowest BCUT2D eigenvalue weighted by Crippen LogP contribution is -2.51. The van der Waals surface area contributed by atoms with E-state index in [-0.39, 0.29) is 18.1 Å². The Bertz CT molecular complexity index is 1650. The second-order valence-corrected chi connectivity index (χ2v) is 10.3. The van der Waals surface area contributed by atoms with Gasteiger partial charge in [0.1, 0.15) is 11.6 Å². The molecule has 0 fully saturated rings. The third-order valence-corrected chi connectivity index (χ3v) is 6.96. The highest BCUT2D eigenvalue weighted by atomic mass is 19.2. The first kappa shape index (κ1) is 24.7. The van der Waals surface area contributed by atoms with Gasteiger partial charge in [-0.15, -0.1) is 0 Å². The molecule has 6 rings (SSSR count).